The van der Waals surface area contributed by atoms with Gasteiger partial charge in [-0.2, -0.15) is 0 Å². The molecule has 37 heavy (non-hydrogen) atoms. The Balaban J connectivity index is 1.56. The molecule has 1 saturated carbocycles. The molecule has 0 bridgehead atoms. The molecule has 1 aliphatic heterocycles. The average molecular weight is 514 g/mol. The minimum absolute atomic E-state index is 0.0569. The van der Waals surface area contributed by atoms with E-state index in [1.54, 1.807) is 0 Å². The Bertz CT molecular complexity index is 1380. The van der Waals surface area contributed by atoms with Gasteiger partial charge in [0.25, 0.3) is 5.91 Å². The van der Waals surface area contributed by atoms with Gasteiger partial charge in [0.15, 0.2) is 11.4 Å². The molecule has 1 aromatic rings. The maximum atomic E-state index is 16.1. The van der Waals surface area contributed by atoms with E-state index >= 15 is 4.39 Å². The number of amides is 1. The summed E-state index contributed by atoms with van der Waals surface area (Å²) < 4.78 is 16.1. The van der Waals surface area contributed by atoms with E-state index in [-0.39, 0.29) is 47.3 Å². The van der Waals surface area contributed by atoms with Crippen molar-refractivity contribution in [3.8, 4) is 5.75 Å². The molecular formula is C26H28FN3O7. The molecule has 1 saturated heterocycles. The summed E-state index contributed by atoms with van der Waals surface area (Å²) in [4.78, 5) is 40.7. The van der Waals surface area contributed by atoms with Crippen molar-refractivity contribution in [2.24, 2.45) is 23.5 Å². The largest absolute Gasteiger partial charge is 0.508 e. The second kappa shape index (κ2) is 7.62. The Kier molecular flexibility index (Phi) is 4.96. The first kappa shape index (κ1) is 24.1. The van der Waals surface area contributed by atoms with E-state index in [1.807, 2.05) is 7.05 Å². The van der Waals surface area contributed by atoms with Crippen molar-refractivity contribution in [1.29, 1.82) is 0 Å². The molecule has 2 unspecified atom stereocenters. The minimum atomic E-state index is -2.71. The van der Waals surface area contributed by atoms with Gasteiger partial charge in [-0.15, -0.1) is 0 Å². The summed E-state index contributed by atoms with van der Waals surface area (Å²) in [6.07, 6.45) is 1.13. The van der Waals surface area contributed by atoms with Crippen LogP contribution >= 0.6 is 0 Å². The molecule has 1 heterocycles. The summed E-state index contributed by atoms with van der Waals surface area (Å²) in [6, 6.07) is -1.42. The summed E-state index contributed by atoms with van der Waals surface area (Å²) in [5.74, 6) is -7.79. The predicted molar refractivity (Wildman–Crippen MR) is 127 cm³/mol. The zero-order valence-corrected chi connectivity index (χ0v) is 20.3. The quantitative estimate of drug-likeness (QED) is 0.304. The highest BCUT2D eigenvalue weighted by Gasteiger charge is 2.63. The van der Waals surface area contributed by atoms with Crippen LogP contribution in [0.25, 0.3) is 5.76 Å². The highest BCUT2D eigenvalue weighted by atomic mass is 19.1. The van der Waals surface area contributed by atoms with Crippen LogP contribution in [0.2, 0.25) is 0 Å². The van der Waals surface area contributed by atoms with Crippen LogP contribution in [-0.2, 0) is 27.2 Å². The normalized spacial score (nSPS) is 34.8. The number of aliphatic hydroxyl groups excluding tert-OH is 2. The first-order valence-corrected chi connectivity index (χ1v) is 12.4. The third-order valence-electron chi connectivity index (χ3n) is 9.29. The monoisotopic (exact) mass is 513 g/mol. The van der Waals surface area contributed by atoms with E-state index in [4.69, 9.17) is 5.73 Å². The Morgan fingerprint density at radius 3 is 2.54 bits per heavy atom. The highest BCUT2D eigenvalue weighted by molar-refractivity contribution is 6.24. The fourth-order valence-corrected chi connectivity index (χ4v) is 7.64. The maximum absolute atomic E-state index is 16.1. The number of likely N-dealkylation sites (N-methyl/N-ethyl adjacent to an activating group) is 1. The SMILES string of the molecule is CN[C@@H]1C(=O)C(C(N)=O)=C(O)[C@@]2(O)C(=O)C3=C(O)c4c(O)c5c(c(F)c4C[C@H]3C[C@@H]12)C1C(CCN1C)C5. The summed E-state index contributed by atoms with van der Waals surface area (Å²) in [6.45, 7) is 0.808. The van der Waals surface area contributed by atoms with Crippen LogP contribution in [-0.4, -0.2) is 75.1 Å². The fraction of sp³-hybridized carbons (Fsp3) is 0.500. The van der Waals surface area contributed by atoms with Gasteiger partial charge in [-0.25, -0.2) is 4.39 Å². The number of nitrogens with two attached hydrogens (primary N) is 1. The smallest absolute Gasteiger partial charge is 0.255 e. The Labute approximate surface area is 211 Å². The lowest BCUT2D eigenvalue weighted by atomic mass is 9.57. The van der Waals surface area contributed by atoms with Gasteiger partial charge in [0.2, 0.25) is 5.78 Å². The number of aliphatic hydroxyl groups is 3. The molecule has 6 atom stereocenters. The number of hydrogen-bond acceptors (Lipinski definition) is 9. The van der Waals surface area contributed by atoms with Crippen LogP contribution in [0.15, 0.2) is 16.9 Å². The molecule has 11 heteroatoms. The van der Waals surface area contributed by atoms with E-state index < -0.39 is 63.9 Å². The van der Waals surface area contributed by atoms with E-state index in [9.17, 15) is 34.8 Å². The van der Waals surface area contributed by atoms with Gasteiger partial charge in [-0.1, -0.05) is 0 Å². The minimum Gasteiger partial charge on any atom is -0.508 e. The number of hydrogen-bond donors (Lipinski definition) is 6. The van der Waals surface area contributed by atoms with E-state index in [0.717, 1.165) is 13.0 Å². The zero-order valence-electron chi connectivity index (χ0n) is 20.3. The van der Waals surface area contributed by atoms with Gasteiger partial charge < -0.3 is 31.5 Å². The Hall–Kier alpha value is -3.28. The van der Waals surface area contributed by atoms with Crippen molar-refractivity contribution in [3.63, 3.8) is 0 Å². The zero-order chi connectivity index (χ0) is 26.7. The number of nitrogens with one attached hydrogen (secondary N) is 1. The van der Waals surface area contributed by atoms with Crippen LogP contribution in [0.3, 0.4) is 0 Å². The molecule has 0 spiro atoms. The van der Waals surface area contributed by atoms with Crippen molar-refractivity contribution >= 4 is 23.2 Å². The van der Waals surface area contributed by atoms with E-state index in [0.29, 0.717) is 17.5 Å². The number of carbonyl (C=O) groups is 3. The number of primary amides is 1. The number of nitrogens with zero attached hydrogens (tertiary/aromatic N) is 1. The predicted octanol–water partition coefficient (Wildman–Crippen LogP) is 0.310. The molecule has 196 valence electrons. The number of likely N-dealkylation sites (tertiary alicyclic amines) is 1. The number of aromatic hydroxyl groups is 1. The lowest BCUT2D eigenvalue weighted by Gasteiger charge is -2.48. The lowest BCUT2D eigenvalue weighted by molar-refractivity contribution is -0.150. The number of fused-ring (bicyclic) bond motifs is 6. The van der Waals surface area contributed by atoms with Crippen LogP contribution in [0.5, 0.6) is 5.75 Å². The number of carbonyl (C=O) groups excluding carboxylic acids is 3. The van der Waals surface area contributed by atoms with Gasteiger partial charge in [-0.05, 0) is 58.2 Å². The fourth-order valence-electron chi connectivity index (χ4n) is 7.64. The third-order valence-corrected chi connectivity index (χ3v) is 9.29. The first-order valence-electron chi connectivity index (χ1n) is 12.4. The molecule has 7 N–H and O–H groups in total. The molecule has 1 amide bonds. The summed E-state index contributed by atoms with van der Waals surface area (Å²) in [7, 11) is 3.31. The molecule has 2 fully saturated rings. The maximum Gasteiger partial charge on any atom is 0.255 e. The number of ketones is 2. The number of Topliss-reactive ketones (excluding diaryl/α,β-unsaturated/α-hetero) is 2. The standard InChI is InChI=1S/C26H28FN3O7/c1-29-18-12-7-9-6-10-15(20(31)11-5-8-3-4-30(2)19(8)14(11)17(10)27)21(32)13(9)23(34)26(12,37)24(35)16(22(18)33)25(28)36/h8-9,12,18-19,29,31-32,35,37H,3-7H2,1-2H3,(H2,28,36)/t8?,9-,12-,18-,19?,26-/m0/s1. The second-order valence-corrected chi connectivity index (χ2v) is 10.9. The number of halogens is 1. The topological polar surface area (TPSA) is 173 Å². The van der Waals surface area contributed by atoms with E-state index in [1.165, 1.54) is 7.05 Å². The van der Waals surface area contributed by atoms with Gasteiger partial charge in [-0.3, -0.25) is 19.3 Å². The summed E-state index contributed by atoms with van der Waals surface area (Å²) in [5.41, 5.74) is 2.13. The molecule has 1 aromatic carbocycles. The van der Waals surface area contributed by atoms with Crippen molar-refractivity contribution in [3.05, 3.63) is 45.0 Å². The first-order chi connectivity index (χ1) is 17.4. The number of benzene rings is 1. The molecule has 0 radical (unpaired) electrons. The van der Waals surface area contributed by atoms with Gasteiger partial charge in [0, 0.05) is 34.2 Å². The summed E-state index contributed by atoms with van der Waals surface area (Å²) in [5, 5.41) is 47.6. The van der Waals surface area contributed by atoms with Crippen molar-refractivity contribution in [2.45, 2.75) is 43.4 Å². The van der Waals surface area contributed by atoms with Crippen LogP contribution in [0.4, 0.5) is 4.39 Å². The molecule has 10 nitrogen and oxygen atoms in total. The summed E-state index contributed by atoms with van der Waals surface area (Å²) >= 11 is 0. The van der Waals surface area contributed by atoms with Crippen molar-refractivity contribution in [1.82, 2.24) is 10.2 Å². The number of phenols is 1. The lowest BCUT2D eigenvalue weighted by Crippen LogP contribution is -2.65. The molecule has 0 aromatic heterocycles. The average Bonchev–Trinajstić information content (AvgIpc) is 3.40. The van der Waals surface area contributed by atoms with Crippen molar-refractivity contribution in [2.75, 3.05) is 20.6 Å². The van der Waals surface area contributed by atoms with Gasteiger partial charge in [0.1, 0.15) is 28.7 Å². The van der Waals surface area contributed by atoms with Crippen LogP contribution in [0.1, 0.15) is 41.1 Å². The number of phenolic OH excluding ortho intramolecular Hbond substituents is 1. The van der Waals surface area contributed by atoms with Crippen LogP contribution < -0.4 is 11.1 Å². The third kappa shape index (κ3) is 2.76. The Morgan fingerprint density at radius 2 is 1.89 bits per heavy atom. The van der Waals surface area contributed by atoms with Gasteiger partial charge >= 0.3 is 0 Å². The second-order valence-electron chi connectivity index (χ2n) is 10.9. The highest BCUT2D eigenvalue weighted by Crippen LogP contribution is 2.56. The van der Waals surface area contributed by atoms with Crippen molar-refractivity contribution < 1.29 is 39.2 Å². The Morgan fingerprint density at radius 1 is 1.19 bits per heavy atom. The van der Waals surface area contributed by atoms with E-state index in [2.05, 4.69) is 10.2 Å². The molecule has 6 rings (SSSR count). The number of rotatable bonds is 2. The molecular weight excluding hydrogens is 485 g/mol. The van der Waals surface area contributed by atoms with Crippen LogP contribution in [0, 0.1) is 23.6 Å². The molecule has 5 aliphatic rings. The molecule has 4 aliphatic carbocycles. The van der Waals surface area contributed by atoms with Gasteiger partial charge in [0.05, 0.1) is 11.6 Å².